The van der Waals surface area contributed by atoms with Crippen molar-refractivity contribution in [2.24, 2.45) is 0 Å². The van der Waals surface area contributed by atoms with Crippen molar-refractivity contribution in [3.05, 3.63) is 76.7 Å². The summed E-state index contributed by atoms with van der Waals surface area (Å²) in [6.07, 6.45) is 0. The van der Waals surface area contributed by atoms with Crippen LogP contribution >= 0.6 is 0 Å². The van der Waals surface area contributed by atoms with Gasteiger partial charge in [0.1, 0.15) is 6.61 Å². The number of sulfone groups is 1. The van der Waals surface area contributed by atoms with Crippen LogP contribution in [0.15, 0.2) is 70.5 Å². The summed E-state index contributed by atoms with van der Waals surface area (Å²) >= 11 is 0. The van der Waals surface area contributed by atoms with E-state index < -0.39 is 15.8 Å². The van der Waals surface area contributed by atoms with E-state index in [1.54, 1.807) is 12.1 Å². The zero-order chi connectivity index (χ0) is 16.9. The fourth-order valence-corrected chi connectivity index (χ4v) is 3.13. The molecule has 2 aromatic rings. The average molecular weight is 330 g/mol. The highest BCUT2D eigenvalue weighted by molar-refractivity contribution is 7.94. The number of hydrogen-bond donors (Lipinski definition) is 0. The van der Waals surface area contributed by atoms with Crippen molar-refractivity contribution < 1.29 is 17.9 Å². The lowest BCUT2D eigenvalue weighted by atomic mass is 10.2. The molecule has 0 aromatic heterocycles. The maximum Gasteiger partial charge on any atom is 0.334 e. The molecule has 2 aromatic carbocycles. The van der Waals surface area contributed by atoms with Crippen molar-refractivity contribution >= 4 is 15.8 Å². The Morgan fingerprint density at radius 2 is 1.65 bits per heavy atom. The van der Waals surface area contributed by atoms with Gasteiger partial charge in [-0.15, -0.1) is 0 Å². The van der Waals surface area contributed by atoms with Gasteiger partial charge in [-0.25, -0.2) is 13.2 Å². The van der Waals surface area contributed by atoms with E-state index in [2.05, 4.69) is 0 Å². The van der Waals surface area contributed by atoms with Crippen LogP contribution in [0, 0.1) is 6.92 Å². The van der Waals surface area contributed by atoms with Crippen LogP contribution in [0.3, 0.4) is 0 Å². The van der Waals surface area contributed by atoms with E-state index in [0.717, 1.165) is 16.5 Å². The van der Waals surface area contributed by atoms with Crippen LogP contribution < -0.4 is 0 Å². The van der Waals surface area contributed by atoms with Gasteiger partial charge in [0.2, 0.25) is 0 Å². The second-order valence-corrected chi connectivity index (χ2v) is 7.02. The highest BCUT2D eigenvalue weighted by Crippen LogP contribution is 2.15. The minimum Gasteiger partial charge on any atom is -0.457 e. The number of carbonyl (C=O) groups is 1. The van der Waals surface area contributed by atoms with E-state index >= 15 is 0 Å². The molecule has 0 fully saturated rings. The Hall–Kier alpha value is -2.40. The van der Waals surface area contributed by atoms with Crippen LogP contribution in [0.4, 0.5) is 0 Å². The molecule has 0 spiro atoms. The van der Waals surface area contributed by atoms with Gasteiger partial charge in [0.15, 0.2) is 9.84 Å². The fourth-order valence-electron chi connectivity index (χ4n) is 1.91. The molecular weight excluding hydrogens is 312 g/mol. The van der Waals surface area contributed by atoms with Crippen LogP contribution in [0.25, 0.3) is 0 Å². The first kappa shape index (κ1) is 17.0. The van der Waals surface area contributed by atoms with Gasteiger partial charge in [-0.3, -0.25) is 0 Å². The molecule has 0 aliphatic carbocycles. The molecule has 5 heteroatoms. The molecule has 23 heavy (non-hydrogen) atoms. The summed E-state index contributed by atoms with van der Waals surface area (Å²) in [4.78, 5) is 12.1. The highest BCUT2D eigenvalue weighted by atomic mass is 32.2. The lowest BCUT2D eigenvalue weighted by molar-refractivity contribution is -0.140. The first-order valence-electron chi connectivity index (χ1n) is 7.09. The predicted octanol–water partition coefficient (Wildman–Crippen LogP) is 3.42. The number of benzene rings is 2. The zero-order valence-electron chi connectivity index (χ0n) is 13.0. The minimum atomic E-state index is -3.67. The molecule has 120 valence electrons. The molecule has 0 atom stereocenters. The molecular formula is C18H18O4S. The Bertz CT molecular complexity index is 804. The average Bonchev–Trinajstić information content (AvgIpc) is 2.53. The van der Waals surface area contributed by atoms with E-state index in [1.807, 2.05) is 37.3 Å². The molecule has 0 aliphatic heterocycles. The monoisotopic (exact) mass is 330 g/mol. The van der Waals surface area contributed by atoms with Crippen molar-refractivity contribution in [1.82, 2.24) is 0 Å². The lowest BCUT2D eigenvalue weighted by Crippen LogP contribution is -2.08. The molecule has 0 N–H and O–H groups in total. The quantitative estimate of drug-likeness (QED) is 0.622. The molecule has 0 saturated heterocycles. The van der Waals surface area contributed by atoms with E-state index in [4.69, 9.17) is 4.74 Å². The molecule has 0 amide bonds. The minimum absolute atomic E-state index is 0.0431. The molecule has 0 unspecified atom stereocenters. The number of ether oxygens (including phenoxy) is 1. The Morgan fingerprint density at radius 1 is 1.04 bits per heavy atom. The van der Waals surface area contributed by atoms with E-state index in [1.165, 1.54) is 19.1 Å². The third kappa shape index (κ3) is 4.79. The van der Waals surface area contributed by atoms with Crippen molar-refractivity contribution in [2.75, 3.05) is 0 Å². The van der Waals surface area contributed by atoms with Gasteiger partial charge in [0.05, 0.1) is 4.90 Å². The van der Waals surface area contributed by atoms with Gasteiger partial charge in [-0.2, -0.15) is 0 Å². The van der Waals surface area contributed by atoms with Crippen molar-refractivity contribution in [2.45, 2.75) is 25.3 Å². The maximum atomic E-state index is 12.2. The maximum absolute atomic E-state index is 12.2. The SMILES string of the molecule is C/C(=C\S(=O)(=O)c1ccc(C)cc1)C(=O)OCc1ccccc1. The molecule has 4 nitrogen and oxygen atoms in total. The second kappa shape index (κ2) is 7.24. The number of aryl methyl sites for hydroxylation is 1. The van der Waals surface area contributed by atoms with Crippen LogP contribution in [-0.2, 0) is 26.0 Å². The van der Waals surface area contributed by atoms with Crippen LogP contribution in [0.1, 0.15) is 18.1 Å². The Morgan fingerprint density at radius 3 is 2.26 bits per heavy atom. The predicted molar refractivity (Wildman–Crippen MR) is 88.4 cm³/mol. The summed E-state index contributed by atoms with van der Waals surface area (Å²) in [6, 6.07) is 15.7. The summed E-state index contributed by atoms with van der Waals surface area (Å²) in [6.45, 7) is 3.41. The van der Waals surface area contributed by atoms with Gasteiger partial charge in [0, 0.05) is 11.0 Å². The number of carbonyl (C=O) groups excluding carboxylic acids is 1. The molecule has 0 aliphatic rings. The molecule has 0 heterocycles. The van der Waals surface area contributed by atoms with Crippen LogP contribution in [-0.4, -0.2) is 14.4 Å². The molecule has 0 radical (unpaired) electrons. The Kier molecular flexibility index (Phi) is 5.34. The number of rotatable bonds is 5. The largest absolute Gasteiger partial charge is 0.457 e. The standard InChI is InChI=1S/C18H18O4S/c1-14-8-10-17(11-9-14)23(20,21)13-15(2)18(19)22-12-16-6-4-3-5-7-16/h3-11,13H,12H2,1-2H3/b15-13+. The van der Waals surface area contributed by atoms with E-state index in [9.17, 15) is 13.2 Å². The summed E-state index contributed by atoms with van der Waals surface area (Å²) in [7, 11) is -3.67. The fraction of sp³-hybridized carbons (Fsp3) is 0.167. The van der Waals surface area contributed by atoms with Gasteiger partial charge in [-0.05, 0) is 31.5 Å². The molecule has 2 rings (SSSR count). The van der Waals surface area contributed by atoms with Gasteiger partial charge in [-0.1, -0.05) is 48.0 Å². The topological polar surface area (TPSA) is 60.4 Å². The van der Waals surface area contributed by atoms with Gasteiger partial charge in [0.25, 0.3) is 0 Å². The van der Waals surface area contributed by atoms with Crippen LogP contribution in [0.5, 0.6) is 0 Å². The number of hydrogen-bond acceptors (Lipinski definition) is 4. The third-order valence-electron chi connectivity index (χ3n) is 3.22. The normalized spacial score (nSPS) is 12.0. The van der Waals surface area contributed by atoms with E-state index in [-0.39, 0.29) is 17.1 Å². The highest BCUT2D eigenvalue weighted by Gasteiger charge is 2.15. The second-order valence-electron chi connectivity index (χ2n) is 5.22. The zero-order valence-corrected chi connectivity index (χ0v) is 13.8. The Labute approximate surface area is 136 Å². The number of esters is 1. The van der Waals surface area contributed by atoms with Gasteiger partial charge < -0.3 is 4.74 Å². The van der Waals surface area contributed by atoms with Crippen molar-refractivity contribution in [1.29, 1.82) is 0 Å². The first-order valence-corrected chi connectivity index (χ1v) is 8.64. The summed E-state index contributed by atoms with van der Waals surface area (Å²) in [5.41, 5.74) is 1.85. The first-order chi connectivity index (χ1) is 10.9. The van der Waals surface area contributed by atoms with Crippen molar-refractivity contribution in [3.8, 4) is 0 Å². The Balaban J connectivity index is 2.08. The summed E-state index contributed by atoms with van der Waals surface area (Å²) in [5, 5.41) is 0.949. The van der Waals surface area contributed by atoms with Crippen molar-refractivity contribution in [3.63, 3.8) is 0 Å². The lowest BCUT2D eigenvalue weighted by Gasteiger charge is -2.06. The molecule has 0 bridgehead atoms. The van der Waals surface area contributed by atoms with Crippen LogP contribution in [0.2, 0.25) is 0 Å². The summed E-state index contributed by atoms with van der Waals surface area (Å²) in [5.74, 6) is -0.649. The van der Waals surface area contributed by atoms with E-state index in [0.29, 0.717) is 0 Å². The van der Waals surface area contributed by atoms with Gasteiger partial charge >= 0.3 is 5.97 Å². The smallest absolute Gasteiger partial charge is 0.334 e. The third-order valence-corrected chi connectivity index (χ3v) is 4.81. The summed E-state index contributed by atoms with van der Waals surface area (Å²) < 4.78 is 29.6. The molecule has 0 saturated carbocycles.